The molecule has 2 aromatic rings. The number of furan rings is 1. The molecular formula is C23H25N3O5S. The SMILES string of the molecule is COc1ccc(C(=O)N2CCN3C(=O)[C@@H]4C[C@H](SCc5ccco5)CN4C(=O)[C@H]3C2)cc1. The Kier molecular flexibility index (Phi) is 5.58. The molecule has 3 saturated heterocycles. The van der Waals surface area contributed by atoms with Crippen LogP contribution in [0.3, 0.4) is 0 Å². The van der Waals surface area contributed by atoms with Crippen molar-refractivity contribution in [3.63, 3.8) is 0 Å². The van der Waals surface area contributed by atoms with Crippen molar-refractivity contribution in [3.8, 4) is 5.75 Å². The third-order valence-electron chi connectivity index (χ3n) is 6.44. The van der Waals surface area contributed by atoms with Crippen molar-refractivity contribution in [1.29, 1.82) is 0 Å². The maximum absolute atomic E-state index is 13.3. The molecule has 0 N–H and O–H groups in total. The fraction of sp³-hybridized carbons (Fsp3) is 0.435. The zero-order chi connectivity index (χ0) is 22.2. The van der Waals surface area contributed by atoms with Gasteiger partial charge in [0, 0.05) is 30.4 Å². The lowest BCUT2D eigenvalue weighted by molar-refractivity contribution is -0.162. The number of nitrogens with zero attached hydrogens (tertiary/aromatic N) is 3. The molecule has 4 heterocycles. The van der Waals surface area contributed by atoms with Crippen molar-refractivity contribution in [2.24, 2.45) is 0 Å². The molecule has 32 heavy (non-hydrogen) atoms. The maximum atomic E-state index is 13.3. The monoisotopic (exact) mass is 455 g/mol. The van der Waals surface area contributed by atoms with E-state index >= 15 is 0 Å². The smallest absolute Gasteiger partial charge is 0.254 e. The molecule has 5 rings (SSSR count). The highest BCUT2D eigenvalue weighted by Gasteiger charge is 2.52. The van der Waals surface area contributed by atoms with Gasteiger partial charge < -0.3 is 23.9 Å². The minimum Gasteiger partial charge on any atom is -0.497 e. The van der Waals surface area contributed by atoms with E-state index in [2.05, 4.69) is 0 Å². The zero-order valence-corrected chi connectivity index (χ0v) is 18.6. The number of hydrogen-bond acceptors (Lipinski definition) is 6. The molecule has 0 aliphatic carbocycles. The minimum absolute atomic E-state index is 0.00671. The molecular weight excluding hydrogens is 430 g/mol. The summed E-state index contributed by atoms with van der Waals surface area (Å²) in [5.74, 6) is 2.11. The van der Waals surface area contributed by atoms with E-state index in [0.717, 1.165) is 11.5 Å². The lowest BCUT2D eigenvalue weighted by Gasteiger charge is -2.47. The number of amides is 3. The van der Waals surface area contributed by atoms with Crippen molar-refractivity contribution >= 4 is 29.5 Å². The van der Waals surface area contributed by atoms with Gasteiger partial charge in [0.25, 0.3) is 5.91 Å². The number of methoxy groups -OCH3 is 1. The van der Waals surface area contributed by atoms with Crippen LogP contribution in [-0.4, -0.2) is 83.0 Å². The Morgan fingerprint density at radius 2 is 1.84 bits per heavy atom. The van der Waals surface area contributed by atoms with E-state index in [1.807, 2.05) is 12.1 Å². The average molecular weight is 456 g/mol. The van der Waals surface area contributed by atoms with Crippen molar-refractivity contribution in [2.75, 3.05) is 33.3 Å². The second kappa shape index (κ2) is 8.54. The Morgan fingerprint density at radius 3 is 2.56 bits per heavy atom. The third-order valence-corrected chi connectivity index (χ3v) is 7.71. The number of fused-ring (bicyclic) bond motifs is 2. The molecule has 0 bridgehead atoms. The van der Waals surface area contributed by atoms with Crippen molar-refractivity contribution in [1.82, 2.24) is 14.7 Å². The Morgan fingerprint density at radius 1 is 1.06 bits per heavy atom. The van der Waals surface area contributed by atoms with E-state index in [-0.39, 0.29) is 29.5 Å². The Hall–Kier alpha value is -2.94. The molecule has 9 heteroatoms. The minimum atomic E-state index is -0.608. The van der Waals surface area contributed by atoms with E-state index in [1.165, 1.54) is 0 Å². The van der Waals surface area contributed by atoms with Gasteiger partial charge in [0.05, 0.1) is 25.7 Å². The molecule has 1 aromatic heterocycles. The van der Waals surface area contributed by atoms with Crippen LogP contribution in [0.2, 0.25) is 0 Å². The quantitative estimate of drug-likeness (QED) is 0.685. The summed E-state index contributed by atoms with van der Waals surface area (Å²) < 4.78 is 10.5. The molecule has 0 unspecified atom stereocenters. The first-order chi connectivity index (χ1) is 15.5. The molecule has 3 amide bonds. The summed E-state index contributed by atoms with van der Waals surface area (Å²) in [6.45, 7) is 1.58. The van der Waals surface area contributed by atoms with Gasteiger partial charge in [0.2, 0.25) is 11.8 Å². The Labute approximate surface area is 190 Å². The maximum Gasteiger partial charge on any atom is 0.254 e. The van der Waals surface area contributed by atoms with E-state index in [4.69, 9.17) is 9.15 Å². The molecule has 3 atom stereocenters. The zero-order valence-electron chi connectivity index (χ0n) is 17.8. The number of hydrogen-bond donors (Lipinski definition) is 0. The van der Waals surface area contributed by atoms with Gasteiger partial charge in [-0.15, -0.1) is 11.8 Å². The summed E-state index contributed by atoms with van der Waals surface area (Å²) in [5.41, 5.74) is 0.544. The van der Waals surface area contributed by atoms with E-state index in [9.17, 15) is 14.4 Å². The highest BCUT2D eigenvalue weighted by atomic mass is 32.2. The molecule has 1 aromatic carbocycles. The first kappa shape index (κ1) is 20.9. The predicted octanol–water partition coefficient (Wildman–Crippen LogP) is 1.86. The second-order valence-corrected chi connectivity index (χ2v) is 9.57. The van der Waals surface area contributed by atoms with Crippen LogP contribution in [0.5, 0.6) is 5.75 Å². The van der Waals surface area contributed by atoms with Crippen molar-refractivity contribution in [2.45, 2.75) is 29.5 Å². The molecule has 0 spiro atoms. The molecule has 3 fully saturated rings. The predicted molar refractivity (Wildman–Crippen MR) is 118 cm³/mol. The van der Waals surface area contributed by atoms with E-state index in [1.54, 1.807) is 64.1 Å². The van der Waals surface area contributed by atoms with Crippen molar-refractivity contribution in [3.05, 3.63) is 54.0 Å². The molecule has 8 nitrogen and oxygen atoms in total. The fourth-order valence-corrected chi connectivity index (χ4v) is 5.88. The van der Waals surface area contributed by atoms with Gasteiger partial charge in [0.15, 0.2) is 0 Å². The number of thioether (sulfide) groups is 1. The van der Waals surface area contributed by atoms with Crippen LogP contribution >= 0.6 is 11.8 Å². The Balaban J connectivity index is 1.26. The standard InChI is InChI=1S/C23H25N3O5S/c1-30-16-6-4-15(5-7-16)21(27)24-8-9-25-20(13-24)23(29)26-12-18(11-19(26)22(25)28)32-14-17-3-2-10-31-17/h2-7,10,18-20H,8-9,11-14H2,1H3/t18-,19-,20+/m0/s1. The van der Waals surface area contributed by atoms with Gasteiger partial charge in [-0.05, 0) is 42.8 Å². The van der Waals surface area contributed by atoms with Gasteiger partial charge in [-0.25, -0.2) is 0 Å². The van der Waals surface area contributed by atoms with Crippen LogP contribution in [0.15, 0.2) is 47.1 Å². The summed E-state index contributed by atoms with van der Waals surface area (Å²) in [6, 6.07) is 9.72. The number of carbonyl (C=O) groups is 3. The largest absolute Gasteiger partial charge is 0.497 e. The number of rotatable bonds is 5. The summed E-state index contributed by atoms with van der Waals surface area (Å²) in [6.07, 6.45) is 2.31. The normalized spacial score (nSPS) is 25.0. The Bertz CT molecular complexity index is 1010. The summed E-state index contributed by atoms with van der Waals surface area (Å²) >= 11 is 1.72. The van der Waals surface area contributed by atoms with Crippen LogP contribution in [0.1, 0.15) is 22.5 Å². The summed E-state index contributed by atoms with van der Waals surface area (Å²) in [7, 11) is 1.58. The van der Waals surface area contributed by atoms with Gasteiger partial charge >= 0.3 is 0 Å². The lowest BCUT2D eigenvalue weighted by Crippen LogP contribution is -2.69. The number of ether oxygens (including phenoxy) is 1. The highest BCUT2D eigenvalue weighted by Crippen LogP contribution is 2.35. The molecule has 3 aliphatic heterocycles. The van der Waals surface area contributed by atoms with Gasteiger partial charge in [-0.3, -0.25) is 14.4 Å². The lowest BCUT2D eigenvalue weighted by atomic mass is 10.0. The van der Waals surface area contributed by atoms with Gasteiger partial charge in [-0.2, -0.15) is 0 Å². The molecule has 168 valence electrons. The first-order valence-corrected chi connectivity index (χ1v) is 11.8. The summed E-state index contributed by atoms with van der Waals surface area (Å²) in [5, 5.41) is 0.191. The first-order valence-electron chi connectivity index (χ1n) is 10.7. The second-order valence-electron chi connectivity index (χ2n) is 8.28. The highest BCUT2D eigenvalue weighted by molar-refractivity contribution is 7.99. The van der Waals surface area contributed by atoms with Crippen LogP contribution in [0.4, 0.5) is 0 Å². The molecule has 0 saturated carbocycles. The van der Waals surface area contributed by atoms with Crippen LogP contribution in [0.25, 0.3) is 0 Å². The van der Waals surface area contributed by atoms with Gasteiger partial charge in [-0.1, -0.05) is 0 Å². The number of benzene rings is 1. The van der Waals surface area contributed by atoms with Gasteiger partial charge in [0.1, 0.15) is 23.6 Å². The fourth-order valence-electron chi connectivity index (χ4n) is 4.73. The number of piperazine rings is 2. The molecule has 3 aliphatic rings. The summed E-state index contributed by atoms with van der Waals surface area (Å²) in [4.78, 5) is 44.5. The van der Waals surface area contributed by atoms with Crippen molar-refractivity contribution < 1.29 is 23.5 Å². The van der Waals surface area contributed by atoms with E-state index < -0.39 is 12.1 Å². The topological polar surface area (TPSA) is 83.3 Å². The van der Waals surface area contributed by atoms with Crippen LogP contribution < -0.4 is 4.74 Å². The van der Waals surface area contributed by atoms with Crippen LogP contribution in [-0.2, 0) is 15.3 Å². The number of carbonyl (C=O) groups excluding carboxylic acids is 3. The van der Waals surface area contributed by atoms with E-state index in [0.29, 0.717) is 37.4 Å². The van der Waals surface area contributed by atoms with Crippen LogP contribution in [0, 0.1) is 0 Å². The third kappa shape index (κ3) is 3.74. The molecule has 0 radical (unpaired) electrons. The average Bonchev–Trinajstić information content (AvgIpc) is 3.51.